The van der Waals surface area contributed by atoms with Gasteiger partial charge in [-0.25, -0.2) is 16.8 Å². The van der Waals surface area contributed by atoms with E-state index in [0.29, 0.717) is 12.1 Å². The molecule has 1 unspecified atom stereocenters. The molecule has 0 heterocycles. The molecule has 0 radical (unpaired) electrons. The molecular formula is C15H14F3NO5S2. The minimum absolute atomic E-state index is 0.156. The highest BCUT2D eigenvalue weighted by Crippen LogP contribution is 2.31. The molecular weight excluding hydrogens is 395 g/mol. The van der Waals surface area contributed by atoms with Crippen LogP contribution in [-0.2, 0) is 30.9 Å². The lowest BCUT2D eigenvalue weighted by Gasteiger charge is -2.17. The first-order valence-electron chi connectivity index (χ1n) is 7.00. The van der Waals surface area contributed by atoms with Gasteiger partial charge in [0, 0.05) is 6.26 Å². The molecule has 0 amide bonds. The van der Waals surface area contributed by atoms with Crippen LogP contribution in [0.5, 0.6) is 0 Å². The maximum absolute atomic E-state index is 12.6. The summed E-state index contributed by atoms with van der Waals surface area (Å²) >= 11 is 0. The number of sulfone groups is 1. The number of hydrogen-bond donors (Lipinski definition) is 1. The number of sulfonamides is 1. The van der Waals surface area contributed by atoms with Crippen molar-refractivity contribution in [3.05, 3.63) is 65.7 Å². The SMILES string of the molecule is CS(=O)(=O)C(ONS(=O)(=O)c1ccccc1)c1ccc(C(F)(F)F)cc1. The van der Waals surface area contributed by atoms with Crippen molar-refractivity contribution in [1.82, 2.24) is 4.89 Å². The summed E-state index contributed by atoms with van der Waals surface area (Å²) < 4.78 is 85.8. The van der Waals surface area contributed by atoms with Gasteiger partial charge in [0.2, 0.25) is 5.44 Å². The van der Waals surface area contributed by atoms with Crippen molar-refractivity contribution in [3.8, 4) is 0 Å². The van der Waals surface area contributed by atoms with Gasteiger partial charge in [-0.3, -0.25) is 4.84 Å². The van der Waals surface area contributed by atoms with Crippen LogP contribution in [0.2, 0.25) is 0 Å². The molecule has 11 heteroatoms. The minimum Gasteiger partial charge on any atom is -0.262 e. The Balaban J connectivity index is 2.27. The van der Waals surface area contributed by atoms with Crippen LogP contribution in [0.25, 0.3) is 0 Å². The Morgan fingerprint density at radius 2 is 1.46 bits per heavy atom. The van der Waals surface area contributed by atoms with Gasteiger partial charge < -0.3 is 0 Å². The van der Waals surface area contributed by atoms with E-state index in [1.54, 1.807) is 11.0 Å². The first-order chi connectivity index (χ1) is 11.9. The van der Waals surface area contributed by atoms with E-state index >= 15 is 0 Å². The van der Waals surface area contributed by atoms with E-state index in [0.717, 1.165) is 18.4 Å². The van der Waals surface area contributed by atoms with Gasteiger partial charge in [-0.1, -0.05) is 35.2 Å². The topological polar surface area (TPSA) is 89.5 Å². The molecule has 26 heavy (non-hydrogen) atoms. The minimum atomic E-state index is -4.59. The third kappa shape index (κ3) is 5.04. The van der Waals surface area contributed by atoms with Gasteiger partial charge in [0.1, 0.15) is 0 Å². The molecule has 0 aliphatic rings. The molecule has 0 bridgehead atoms. The van der Waals surface area contributed by atoms with Crippen molar-refractivity contribution in [3.63, 3.8) is 0 Å². The van der Waals surface area contributed by atoms with Crippen LogP contribution >= 0.6 is 0 Å². The summed E-state index contributed by atoms with van der Waals surface area (Å²) in [6, 6.07) is 10.2. The van der Waals surface area contributed by atoms with Crippen LogP contribution in [0.4, 0.5) is 13.2 Å². The first kappa shape index (κ1) is 20.4. The van der Waals surface area contributed by atoms with E-state index in [9.17, 15) is 30.0 Å². The highest BCUT2D eigenvalue weighted by atomic mass is 32.2. The number of hydrogen-bond acceptors (Lipinski definition) is 5. The predicted octanol–water partition coefficient (Wildman–Crippen LogP) is 2.66. The normalized spacial score (nSPS) is 14.2. The lowest BCUT2D eigenvalue weighted by Crippen LogP contribution is -2.29. The Hall–Kier alpha value is -1.95. The van der Waals surface area contributed by atoms with Crippen LogP contribution in [0.3, 0.4) is 0 Å². The average molecular weight is 409 g/mol. The van der Waals surface area contributed by atoms with Crippen molar-refractivity contribution < 1.29 is 34.8 Å². The van der Waals surface area contributed by atoms with Crippen LogP contribution < -0.4 is 4.89 Å². The fourth-order valence-corrected chi connectivity index (χ4v) is 3.76. The van der Waals surface area contributed by atoms with E-state index in [-0.39, 0.29) is 10.5 Å². The maximum Gasteiger partial charge on any atom is 0.416 e. The third-order valence-corrected chi connectivity index (χ3v) is 5.57. The first-order valence-corrected chi connectivity index (χ1v) is 10.4. The quantitative estimate of drug-likeness (QED) is 0.741. The molecule has 0 aliphatic heterocycles. The highest BCUT2D eigenvalue weighted by molar-refractivity contribution is 7.91. The Labute approximate surface area is 148 Å². The molecule has 6 nitrogen and oxygen atoms in total. The summed E-state index contributed by atoms with van der Waals surface area (Å²) in [5, 5.41) is 0. The Kier molecular flexibility index (Phi) is 5.76. The number of nitrogens with one attached hydrogen (secondary N) is 1. The molecule has 2 rings (SSSR count). The third-order valence-electron chi connectivity index (χ3n) is 3.22. The van der Waals surface area contributed by atoms with Gasteiger partial charge in [0.25, 0.3) is 10.0 Å². The van der Waals surface area contributed by atoms with Crippen LogP contribution in [0.1, 0.15) is 16.6 Å². The smallest absolute Gasteiger partial charge is 0.262 e. The van der Waals surface area contributed by atoms with E-state index in [4.69, 9.17) is 4.84 Å². The lowest BCUT2D eigenvalue weighted by atomic mass is 10.1. The second-order valence-electron chi connectivity index (χ2n) is 5.30. The summed E-state index contributed by atoms with van der Waals surface area (Å²) in [4.78, 5) is 6.36. The predicted molar refractivity (Wildman–Crippen MR) is 86.9 cm³/mol. The maximum atomic E-state index is 12.6. The fourth-order valence-electron chi connectivity index (χ4n) is 1.99. The molecule has 0 spiro atoms. The Bertz CT molecular complexity index is 957. The highest BCUT2D eigenvalue weighted by Gasteiger charge is 2.32. The van der Waals surface area contributed by atoms with Crippen LogP contribution in [0.15, 0.2) is 59.5 Å². The van der Waals surface area contributed by atoms with E-state index in [1.165, 1.54) is 24.3 Å². The number of rotatable bonds is 6. The molecule has 1 N–H and O–H groups in total. The van der Waals surface area contributed by atoms with Crippen molar-refractivity contribution in [2.24, 2.45) is 0 Å². The zero-order valence-electron chi connectivity index (χ0n) is 13.3. The Morgan fingerprint density at radius 3 is 1.92 bits per heavy atom. The molecule has 2 aromatic rings. The summed E-state index contributed by atoms with van der Waals surface area (Å²) in [6.07, 6.45) is -3.82. The molecule has 0 aromatic heterocycles. The standard InChI is InChI=1S/C15H14F3NO5S2/c1-25(20,21)14(11-7-9-12(10-8-11)15(16,17)18)24-19-26(22,23)13-5-3-2-4-6-13/h2-10,14,19H,1H3. The second-order valence-corrected chi connectivity index (χ2v) is 9.03. The second kappa shape index (κ2) is 7.35. The van der Waals surface area contributed by atoms with Crippen molar-refractivity contribution in [2.45, 2.75) is 16.5 Å². The zero-order chi connectivity index (χ0) is 19.6. The van der Waals surface area contributed by atoms with Gasteiger partial charge in [0.05, 0.1) is 10.5 Å². The van der Waals surface area contributed by atoms with E-state index in [1.807, 2.05) is 0 Å². The van der Waals surface area contributed by atoms with Gasteiger partial charge in [-0.05, 0) is 29.8 Å². The summed E-state index contributed by atoms with van der Waals surface area (Å²) in [6.45, 7) is 0. The monoisotopic (exact) mass is 409 g/mol. The van der Waals surface area contributed by atoms with Crippen molar-refractivity contribution >= 4 is 19.9 Å². The number of halogens is 3. The summed E-state index contributed by atoms with van der Waals surface area (Å²) in [5.41, 5.74) is -2.95. The Morgan fingerprint density at radius 1 is 0.923 bits per heavy atom. The lowest BCUT2D eigenvalue weighted by molar-refractivity contribution is -0.137. The fraction of sp³-hybridized carbons (Fsp3) is 0.200. The van der Waals surface area contributed by atoms with Gasteiger partial charge >= 0.3 is 6.18 Å². The van der Waals surface area contributed by atoms with E-state index in [2.05, 4.69) is 0 Å². The number of alkyl halides is 3. The van der Waals surface area contributed by atoms with Gasteiger partial charge in [0.15, 0.2) is 9.84 Å². The molecule has 142 valence electrons. The molecule has 2 aromatic carbocycles. The van der Waals surface area contributed by atoms with Crippen molar-refractivity contribution in [2.75, 3.05) is 6.26 Å². The van der Waals surface area contributed by atoms with Crippen LogP contribution in [0, 0.1) is 0 Å². The zero-order valence-corrected chi connectivity index (χ0v) is 14.9. The number of benzene rings is 2. The summed E-state index contributed by atoms with van der Waals surface area (Å²) in [7, 11) is -8.17. The molecule has 0 aliphatic carbocycles. The summed E-state index contributed by atoms with van der Waals surface area (Å²) in [5.74, 6) is 0. The molecule has 1 atom stereocenters. The molecule has 0 saturated carbocycles. The van der Waals surface area contributed by atoms with Crippen LogP contribution in [-0.4, -0.2) is 23.1 Å². The molecule has 0 fully saturated rings. The van der Waals surface area contributed by atoms with Gasteiger partial charge in [-0.15, -0.1) is 0 Å². The van der Waals surface area contributed by atoms with Gasteiger partial charge in [-0.2, -0.15) is 13.2 Å². The largest absolute Gasteiger partial charge is 0.416 e. The molecule has 0 saturated heterocycles. The van der Waals surface area contributed by atoms with Crippen molar-refractivity contribution in [1.29, 1.82) is 0 Å². The average Bonchev–Trinajstić information content (AvgIpc) is 2.54. The van der Waals surface area contributed by atoms with E-state index < -0.39 is 37.0 Å².